The van der Waals surface area contributed by atoms with E-state index in [2.05, 4.69) is 16.5 Å². The second kappa shape index (κ2) is 6.30. The van der Waals surface area contributed by atoms with E-state index in [0.717, 1.165) is 6.08 Å². The summed E-state index contributed by atoms with van der Waals surface area (Å²) in [5.74, 6) is -0.981. The van der Waals surface area contributed by atoms with Crippen LogP contribution in [0, 0.1) is 0 Å². The topological polar surface area (TPSA) is 63.1 Å². The van der Waals surface area contributed by atoms with Gasteiger partial charge >= 0.3 is 5.97 Å². The van der Waals surface area contributed by atoms with Crippen LogP contribution >= 0.6 is 11.6 Å². The average Bonchev–Trinajstić information content (AvgIpc) is 2.07. The Labute approximate surface area is 74.5 Å². The number of hydrogen-bond acceptors (Lipinski definition) is 3. The monoisotopic (exact) mass is 186 g/mol. The largest absolute Gasteiger partial charge is 0.478 e. The lowest BCUT2D eigenvalue weighted by molar-refractivity contribution is -0.131. The molecule has 0 amide bonds. The minimum atomic E-state index is -0.981. The summed E-state index contributed by atoms with van der Waals surface area (Å²) in [7, 11) is 0. The highest BCUT2D eigenvalue weighted by atomic mass is 35.5. The minimum Gasteiger partial charge on any atom is -0.478 e. The van der Waals surface area contributed by atoms with Crippen molar-refractivity contribution in [3.05, 3.63) is 36.4 Å². The molecule has 1 N–H and O–H groups in total. The Balaban J connectivity index is 0.000000217. The zero-order chi connectivity index (χ0) is 9.40. The van der Waals surface area contributed by atoms with E-state index in [0.29, 0.717) is 5.28 Å². The van der Waals surface area contributed by atoms with Crippen molar-refractivity contribution in [2.24, 2.45) is 0 Å². The van der Waals surface area contributed by atoms with Gasteiger partial charge in [0.05, 0.1) is 0 Å². The summed E-state index contributed by atoms with van der Waals surface area (Å²) in [5.41, 5.74) is 0. The third kappa shape index (κ3) is 6.70. The first-order valence-electron chi connectivity index (χ1n) is 2.94. The molecule has 1 heterocycles. The normalized spacial score (nSPS) is 7.75. The molecule has 1 rings (SSSR count). The van der Waals surface area contributed by atoms with Crippen molar-refractivity contribution in [1.82, 2.24) is 9.97 Å². The van der Waals surface area contributed by atoms with Crippen molar-refractivity contribution < 1.29 is 9.90 Å². The Morgan fingerprint density at radius 3 is 2.17 bits per heavy atom. The number of rotatable bonds is 1. The van der Waals surface area contributed by atoms with Crippen molar-refractivity contribution in [2.45, 2.75) is 0 Å². The number of hydrogen-bond donors (Lipinski definition) is 1. The maximum atomic E-state index is 9.25. The number of nitrogens with zero attached hydrogens (tertiary/aromatic N) is 2. The molecule has 0 fully saturated rings. The molecule has 1 aromatic rings. The standard InChI is InChI=1S/C4H3ClN2.C3H4O2/c5-4-6-2-1-3-7-4;1-2-3(4)5/h1-3H;2H,1H2,(H,4,5). The van der Waals surface area contributed by atoms with Crippen LogP contribution < -0.4 is 0 Å². The molecule has 0 atom stereocenters. The Morgan fingerprint density at radius 2 is 2.00 bits per heavy atom. The molecule has 0 aliphatic carbocycles. The number of carboxylic acids is 1. The number of carbonyl (C=O) groups is 1. The van der Waals surface area contributed by atoms with E-state index in [1.54, 1.807) is 18.5 Å². The van der Waals surface area contributed by atoms with Gasteiger partial charge in [0.1, 0.15) is 0 Å². The van der Waals surface area contributed by atoms with Gasteiger partial charge in [0.15, 0.2) is 0 Å². The number of carboxylic acid groups (broad SMARTS) is 1. The maximum Gasteiger partial charge on any atom is 0.327 e. The van der Waals surface area contributed by atoms with E-state index in [-0.39, 0.29) is 0 Å². The smallest absolute Gasteiger partial charge is 0.327 e. The van der Waals surface area contributed by atoms with Gasteiger partial charge in [-0.25, -0.2) is 14.8 Å². The molecule has 12 heavy (non-hydrogen) atoms. The van der Waals surface area contributed by atoms with Crippen LogP contribution in [0.15, 0.2) is 31.1 Å². The fraction of sp³-hybridized carbons (Fsp3) is 0. The summed E-state index contributed by atoms with van der Waals surface area (Å²) < 4.78 is 0. The van der Waals surface area contributed by atoms with Crippen molar-refractivity contribution >= 4 is 17.6 Å². The van der Waals surface area contributed by atoms with Crippen LogP contribution in [0.25, 0.3) is 0 Å². The van der Waals surface area contributed by atoms with E-state index in [9.17, 15) is 4.79 Å². The Hall–Kier alpha value is -1.42. The summed E-state index contributed by atoms with van der Waals surface area (Å²) >= 11 is 5.32. The van der Waals surface area contributed by atoms with E-state index in [1.165, 1.54) is 0 Å². The second-order valence-electron chi connectivity index (χ2n) is 1.56. The van der Waals surface area contributed by atoms with Crippen LogP contribution in [0.4, 0.5) is 0 Å². The molecule has 0 unspecified atom stereocenters. The summed E-state index contributed by atoms with van der Waals surface area (Å²) in [5, 5.41) is 7.90. The van der Waals surface area contributed by atoms with Gasteiger partial charge in [0.25, 0.3) is 0 Å². The highest BCUT2D eigenvalue weighted by Crippen LogP contribution is 1.92. The molecule has 1 aromatic heterocycles. The minimum absolute atomic E-state index is 0.294. The van der Waals surface area contributed by atoms with E-state index < -0.39 is 5.97 Å². The van der Waals surface area contributed by atoms with Gasteiger partial charge in [0.2, 0.25) is 5.28 Å². The van der Waals surface area contributed by atoms with Crippen molar-refractivity contribution in [1.29, 1.82) is 0 Å². The first kappa shape index (κ1) is 10.6. The molecular weight excluding hydrogens is 180 g/mol. The maximum absolute atomic E-state index is 9.25. The lowest BCUT2D eigenvalue weighted by Gasteiger charge is -1.78. The summed E-state index contributed by atoms with van der Waals surface area (Å²) in [6.07, 6.45) is 4.02. The van der Waals surface area contributed by atoms with Gasteiger partial charge in [0, 0.05) is 18.5 Å². The molecular formula is C7H7ClN2O2. The Bertz CT molecular complexity index is 251. The fourth-order valence-corrected chi connectivity index (χ4v) is 0.394. The Kier molecular flexibility index (Phi) is 5.55. The van der Waals surface area contributed by atoms with Gasteiger partial charge in [-0.3, -0.25) is 0 Å². The molecule has 0 radical (unpaired) electrons. The molecule has 0 aromatic carbocycles. The van der Waals surface area contributed by atoms with Crippen LogP contribution in [0.2, 0.25) is 5.28 Å². The van der Waals surface area contributed by atoms with Crippen molar-refractivity contribution in [2.75, 3.05) is 0 Å². The predicted molar refractivity (Wildman–Crippen MR) is 44.9 cm³/mol. The molecule has 64 valence electrons. The first-order chi connectivity index (χ1) is 5.66. The SMILES string of the molecule is C=CC(=O)O.Clc1ncccn1. The quantitative estimate of drug-likeness (QED) is 0.532. The zero-order valence-electron chi connectivity index (χ0n) is 6.14. The summed E-state index contributed by atoms with van der Waals surface area (Å²) in [6.45, 7) is 2.96. The molecule has 0 aliphatic rings. The third-order valence-corrected chi connectivity index (χ3v) is 0.904. The highest BCUT2D eigenvalue weighted by molar-refractivity contribution is 6.28. The van der Waals surface area contributed by atoms with E-state index in [4.69, 9.17) is 16.7 Å². The van der Waals surface area contributed by atoms with Crippen LogP contribution in [-0.4, -0.2) is 21.0 Å². The molecule has 0 saturated heterocycles. The molecule has 4 nitrogen and oxygen atoms in total. The summed E-state index contributed by atoms with van der Waals surface area (Å²) in [4.78, 5) is 16.5. The van der Waals surface area contributed by atoms with Crippen LogP contribution in [0.5, 0.6) is 0 Å². The molecule has 5 heteroatoms. The van der Waals surface area contributed by atoms with E-state index in [1.807, 2.05) is 0 Å². The van der Waals surface area contributed by atoms with Crippen LogP contribution in [0.1, 0.15) is 0 Å². The van der Waals surface area contributed by atoms with Gasteiger partial charge in [-0.05, 0) is 17.7 Å². The second-order valence-corrected chi connectivity index (χ2v) is 1.90. The average molecular weight is 187 g/mol. The molecule has 0 saturated carbocycles. The zero-order valence-corrected chi connectivity index (χ0v) is 6.90. The van der Waals surface area contributed by atoms with Gasteiger partial charge < -0.3 is 5.11 Å². The molecule has 0 spiro atoms. The van der Waals surface area contributed by atoms with Crippen molar-refractivity contribution in [3.8, 4) is 0 Å². The predicted octanol–water partition coefficient (Wildman–Crippen LogP) is 1.39. The number of aliphatic carboxylic acids is 1. The third-order valence-electron chi connectivity index (χ3n) is 0.709. The fourth-order valence-electron chi connectivity index (χ4n) is 0.281. The lowest BCUT2D eigenvalue weighted by atomic mass is 10.7. The van der Waals surface area contributed by atoms with Crippen LogP contribution in [0.3, 0.4) is 0 Å². The Morgan fingerprint density at radius 1 is 1.58 bits per heavy atom. The number of halogens is 1. The van der Waals surface area contributed by atoms with Gasteiger partial charge in [-0.15, -0.1) is 0 Å². The van der Waals surface area contributed by atoms with Crippen molar-refractivity contribution in [3.63, 3.8) is 0 Å². The molecule has 0 bridgehead atoms. The van der Waals surface area contributed by atoms with Crippen LogP contribution in [-0.2, 0) is 4.79 Å². The van der Waals surface area contributed by atoms with E-state index >= 15 is 0 Å². The molecule has 0 aliphatic heterocycles. The lowest BCUT2D eigenvalue weighted by Crippen LogP contribution is -1.82. The first-order valence-corrected chi connectivity index (χ1v) is 3.32. The highest BCUT2D eigenvalue weighted by Gasteiger charge is 1.78. The van der Waals surface area contributed by atoms with Gasteiger partial charge in [-0.1, -0.05) is 6.58 Å². The van der Waals surface area contributed by atoms with Gasteiger partial charge in [-0.2, -0.15) is 0 Å². The number of aromatic nitrogens is 2. The summed E-state index contributed by atoms with van der Waals surface area (Å²) in [6, 6.07) is 1.71.